The molecule has 1 aliphatic heterocycles. The van der Waals surface area contributed by atoms with Crippen molar-refractivity contribution in [1.29, 1.82) is 0 Å². The second-order valence-corrected chi connectivity index (χ2v) is 9.95. The van der Waals surface area contributed by atoms with Crippen LogP contribution in [0.4, 0.5) is 0 Å². The van der Waals surface area contributed by atoms with Crippen LogP contribution in [-0.4, -0.2) is 34.7 Å². The van der Waals surface area contributed by atoms with Gasteiger partial charge in [-0.05, 0) is 82.7 Å². The molecule has 5 nitrogen and oxygen atoms in total. The van der Waals surface area contributed by atoms with Crippen LogP contribution in [0.5, 0.6) is 5.75 Å². The SMILES string of the molecule is CCCNS(=O)(=O)C(C)(C)c1ccc(OCCCC2CCCNC2)cc1. The third kappa shape index (κ3) is 5.69. The number of rotatable bonds is 10. The summed E-state index contributed by atoms with van der Waals surface area (Å²) in [6, 6.07) is 7.44. The molecule has 1 heterocycles. The fourth-order valence-corrected chi connectivity index (χ4v) is 4.54. The normalized spacial score (nSPS) is 18.7. The van der Waals surface area contributed by atoms with Crippen molar-refractivity contribution in [2.75, 3.05) is 26.2 Å². The summed E-state index contributed by atoms with van der Waals surface area (Å²) in [6.07, 6.45) is 5.61. The Morgan fingerprint density at radius 1 is 1.27 bits per heavy atom. The lowest BCUT2D eigenvalue weighted by Gasteiger charge is -2.26. The van der Waals surface area contributed by atoms with Crippen LogP contribution in [0.15, 0.2) is 24.3 Å². The van der Waals surface area contributed by atoms with Gasteiger partial charge in [0.25, 0.3) is 0 Å². The highest BCUT2D eigenvalue weighted by molar-refractivity contribution is 7.90. The summed E-state index contributed by atoms with van der Waals surface area (Å²) in [5.74, 6) is 1.57. The Balaban J connectivity index is 1.84. The maximum atomic E-state index is 12.5. The van der Waals surface area contributed by atoms with Gasteiger partial charge in [-0.2, -0.15) is 0 Å². The Morgan fingerprint density at radius 2 is 2.00 bits per heavy atom. The molecule has 0 amide bonds. The van der Waals surface area contributed by atoms with Crippen molar-refractivity contribution in [3.63, 3.8) is 0 Å². The van der Waals surface area contributed by atoms with Gasteiger partial charge in [-0.15, -0.1) is 0 Å². The Kier molecular flexibility index (Phi) is 7.92. The first-order chi connectivity index (χ1) is 12.4. The van der Waals surface area contributed by atoms with Crippen LogP contribution >= 0.6 is 0 Å². The zero-order chi connectivity index (χ0) is 19.0. The van der Waals surface area contributed by atoms with Gasteiger partial charge < -0.3 is 10.1 Å². The summed E-state index contributed by atoms with van der Waals surface area (Å²) in [6.45, 7) is 8.87. The zero-order valence-electron chi connectivity index (χ0n) is 16.4. The second kappa shape index (κ2) is 9.72. The highest BCUT2D eigenvalue weighted by Gasteiger charge is 2.35. The van der Waals surface area contributed by atoms with Gasteiger partial charge in [-0.1, -0.05) is 19.1 Å². The summed E-state index contributed by atoms with van der Waals surface area (Å²) in [7, 11) is -3.42. The first kappa shape index (κ1) is 21.2. The number of ether oxygens (including phenoxy) is 1. The van der Waals surface area contributed by atoms with Crippen molar-refractivity contribution in [3.05, 3.63) is 29.8 Å². The molecule has 1 fully saturated rings. The largest absolute Gasteiger partial charge is 0.494 e. The standard InChI is InChI=1S/C20H34N2O3S/c1-4-13-22-26(23,24)20(2,3)18-9-11-19(12-10-18)25-15-6-8-17-7-5-14-21-16-17/h9-12,17,21-22H,4-8,13-16H2,1-3H3. The van der Waals surface area contributed by atoms with Crippen LogP contribution in [-0.2, 0) is 14.8 Å². The average molecular weight is 383 g/mol. The number of benzene rings is 1. The van der Waals surface area contributed by atoms with Gasteiger partial charge in [-0.25, -0.2) is 13.1 Å². The van der Waals surface area contributed by atoms with Gasteiger partial charge in [-0.3, -0.25) is 0 Å². The van der Waals surface area contributed by atoms with Crippen molar-refractivity contribution in [3.8, 4) is 5.75 Å². The monoisotopic (exact) mass is 382 g/mol. The molecule has 1 saturated heterocycles. The molecule has 0 aliphatic carbocycles. The molecule has 2 rings (SSSR count). The molecule has 1 unspecified atom stereocenters. The quantitative estimate of drug-likeness (QED) is 0.609. The third-order valence-electron chi connectivity index (χ3n) is 5.19. The predicted molar refractivity (Wildman–Crippen MR) is 107 cm³/mol. The number of sulfonamides is 1. The Morgan fingerprint density at radius 3 is 2.62 bits per heavy atom. The lowest BCUT2D eigenvalue weighted by atomic mass is 9.95. The predicted octanol–water partition coefficient (Wildman–Crippen LogP) is 3.41. The minimum atomic E-state index is -3.42. The van der Waals surface area contributed by atoms with E-state index in [1.165, 1.54) is 19.3 Å². The maximum absolute atomic E-state index is 12.5. The van der Waals surface area contributed by atoms with Gasteiger partial charge >= 0.3 is 0 Å². The molecule has 0 spiro atoms. The topological polar surface area (TPSA) is 67.4 Å². The third-order valence-corrected chi connectivity index (χ3v) is 7.35. The van der Waals surface area contributed by atoms with Crippen LogP contribution in [0.2, 0.25) is 0 Å². The van der Waals surface area contributed by atoms with Gasteiger partial charge in [0, 0.05) is 6.54 Å². The second-order valence-electron chi connectivity index (χ2n) is 7.64. The molecule has 0 saturated carbocycles. The fourth-order valence-electron chi connectivity index (χ4n) is 3.26. The average Bonchev–Trinajstić information content (AvgIpc) is 2.65. The summed E-state index contributed by atoms with van der Waals surface area (Å²) in [4.78, 5) is 0. The molecule has 1 aromatic carbocycles. The summed E-state index contributed by atoms with van der Waals surface area (Å²) >= 11 is 0. The molecule has 0 aromatic heterocycles. The van der Waals surface area contributed by atoms with E-state index in [1.54, 1.807) is 13.8 Å². The van der Waals surface area contributed by atoms with Crippen molar-refractivity contribution in [2.24, 2.45) is 5.92 Å². The van der Waals surface area contributed by atoms with Crippen LogP contribution < -0.4 is 14.8 Å². The van der Waals surface area contributed by atoms with Gasteiger partial charge in [0.15, 0.2) is 0 Å². The Bertz CT molecular complexity index is 636. The minimum Gasteiger partial charge on any atom is -0.494 e. The number of hydrogen-bond donors (Lipinski definition) is 2. The zero-order valence-corrected chi connectivity index (χ0v) is 17.2. The summed E-state index contributed by atoms with van der Waals surface area (Å²) < 4.78 is 32.5. The van der Waals surface area contributed by atoms with Crippen LogP contribution in [0.1, 0.15) is 58.4 Å². The van der Waals surface area contributed by atoms with E-state index in [4.69, 9.17) is 4.74 Å². The lowest BCUT2D eigenvalue weighted by Crippen LogP contribution is -2.39. The minimum absolute atomic E-state index is 0.462. The van der Waals surface area contributed by atoms with E-state index in [9.17, 15) is 8.42 Å². The van der Waals surface area contributed by atoms with E-state index < -0.39 is 14.8 Å². The summed E-state index contributed by atoms with van der Waals surface area (Å²) in [5.41, 5.74) is 0.765. The Hall–Kier alpha value is -1.11. The van der Waals surface area contributed by atoms with E-state index in [2.05, 4.69) is 10.0 Å². The van der Waals surface area contributed by atoms with Crippen molar-refractivity contribution < 1.29 is 13.2 Å². The van der Waals surface area contributed by atoms with Crippen molar-refractivity contribution in [2.45, 2.75) is 57.6 Å². The molecule has 26 heavy (non-hydrogen) atoms. The van der Waals surface area contributed by atoms with Crippen LogP contribution in [0, 0.1) is 5.92 Å². The first-order valence-corrected chi connectivity index (χ1v) is 11.3. The van der Waals surface area contributed by atoms with E-state index >= 15 is 0 Å². The van der Waals surface area contributed by atoms with E-state index in [1.807, 2.05) is 31.2 Å². The molecular formula is C20H34N2O3S. The van der Waals surface area contributed by atoms with Crippen molar-refractivity contribution >= 4 is 10.0 Å². The van der Waals surface area contributed by atoms with E-state index in [0.29, 0.717) is 13.2 Å². The van der Waals surface area contributed by atoms with Gasteiger partial charge in [0.2, 0.25) is 10.0 Å². The highest BCUT2D eigenvalue weighted by Crippen LogP contribution is 2.30. The molecule has 2 N–H and O–H groups in total. The number of nitrogens with one attached hydrogen (secondary N) is 2. The molecule has 0 radical (unpaired) electrons. The Labute approximate surface area is 159 Å². The number of piperidine rings is 1. The molecule has 148 valence electrons. The van der Waals surface area contributed by atoms with Crippen molar-refractivity contribution in [1.82, 2.24) is 10.0 Å². The fraction of sp³-hybridized carbons (Fsp3) is 0.700. The molecule has 1 aliphatic rings. The van der Waals surface area contributed by atoms with E-state index in [-0.39, 0.29) is 0 Å². The highest BCUT2D eigenvalue weighted by atomic mass is 32.2. The molecule has 1 aromatic rings. The van der Waals surface area contributed by atoms with Gasteiger partial charge in [0.05, 0.1) is 6.61 Å². The number of hydrogen-bond acceptors (Lipinski definition) is 4. The molecular weight excluding hydrogens is 348 g/mol. The maximum Gasteiger partial charge on any atom is 0.221 e. The van der Waals surface area contributed by atoms with Crippen LogP contribution in [0.3, 0.4) is 0 Å². The van der Waals surface area contributed by atoms with Crippen LogP contribution in [0.25, 0.3) is 0 Å². The molecule has 0 bridgehead atoms. The van der Waals surface area contributed by atoms with Gasteiger partial charge in [0.1, 0.15) is 10.5 Å². The van der Waals surface area contributed by atoms with E-state index in [0.717, 1.165) is 43.2 Å². The molecule has 1 atom stereocenters. The summed E-state index contributed by atoms with van der Waals surface area (Å²) in [5, 5.41) is 3.44. The first-order valence-electron chi connectivity index (χ1n) is 9.80. The lowest BCUT2D eigenvalue weighted by molar-refractivity contribution is 0.275. The smallest absolute Gasteiger partial charge is 0.221 e. The molecule has 6 heteroatoms.